The van der Waals surface area contributed by atoms with E-state index >= 15 is 0 Å². The van der Waals surface area contributed by atoms with Crippen LogP contribution in [0.2, 0.25) is 0 Å². The van der Waals surface area contributed by atoms with Crippen LogP contribution < -0.4 is 5.32 Å². The summed E-state index contributed by atoms with van der Waals surface area (Å²) < 4.78 is 2.00. The molecular formula is C18H16N4O. The van der Waals surface area contributed by atoms with Gasteiger partial charge in [0.1, 0.15) is 11.5 Å². The minimum atomic E-state index is -0.131. The molecule has 5 heteroatoms. The predicted molar refractivity (Wildman–Crippen MR) is 90.2 cm³/mol. The van der Waals surface area contributed by atoms with E-state index in [0.717, 1.165) is 27.8 Å². The van der Waals surface area contributed by atoms with Gasteiger partial charge < -0.3 is 14.9 Å². The zero-order chi connectivity index (χ0) is 15.8. The number of nitrogens with zero attached hydrogens (tertiary/aromatic N) is 2. The molecule has 0 atom stereocenters. The Balaban J connectivity index is 1.55. The van der Waals surface area contributed by atoms with E-state index < -0.39 is 0 Å². The quantitative estimate of drug-likeness (QED) is 0.611. The van der Waals surface area contributed by atoms with Gasteiger partial charge in [0.25, 0.3) is 5.91 Å². The van der Waals surface area contributed by atoms with E-state index in [-0.39, 0.29) is 5.91 Å². The first-order valence-corrected chi connectivity index (χ1v) is 7.48. The number of carbonyl (C=O) groups excluding carboxylic acids is 1. The number of hydrogen-bond acceptors (Lipinski definition) is 2. The Morgan fingerprint density at radius 3 is 2.78 bits per heavy atom. The number of aryl methyl sites for hydroxylation is 1. The van der Waals surface area contributed by atoms with E-state index in [0.29, 0.717) is 12.2 Å². The van der Waals surface area contributed by atoms with Crippen LogP contribution in [0.4, 0.5) is 0 Å². The highest BCUT2D eigenvalue weighted by molar-refractivity contribution is 5.97. The lowest BCUT2D eigenvalue weighted by Crippen LogP contribution is -2.24. The average molecular weight is 304 g/mol. The van der Waals surface area contributed by atoms with Crippen molar-refractivity contribution in [3.63, 3.8) is 0 Å². The van der Waals surface area contributed by atoms with Crippen LogP contribution in [0, 0.1) is 0 Å². The molecule has 0 radical (unpaired) electrons. The fraction of sp³-hybridized carbons (Fsp3) is 0.111. The van der Waals surface area contributed by atoms with Gasteiger partial charge in [-0.3, -0.25) is 4.79 Å². The van der Waals surface area contributed by atoms with Gasteiger partial charge in [-0.25, -0.2) is 4.98 Å². The number of fused-ring (bicyclic) bond motifs is 2. The molecule has 0 aliphatic rings. The number of hydrogen-bond donors (Lipinski definition) is 2. The fourth-order valence-corrected chi connectivity index (χ4v) is 2.80. The standard InChI is InChI=1S/C18H16N4O/c1-22-16-9-5-4-8-14(16)21-17(22)11-19-18(23)15-10-12-6-2-3-7-13(12)20-15/h2-10,20H,11H2,1H3,(H,19,23). The molecule has 5 nitrogen and oxygen atoms in total. The molecule has 4 aromatic rings. The molecule has 2 aromatic heterocycles. The number of imidazole rings is 1. The molecule has 0 bridgehead atoms. The molecule has 2 N–H and O–H groups in total. The number of aromatic amines is 1. The van der Waals surface area contributed by atoms with Gasteiger partial charge in [-0.15, -0.1) is 0 Å². The van der Waals surface area contributed by atoms with Crippen molar-refractivity contribution in [1.29, 1.82) is 0 Å². The van der Waals surface area contributed by atoms with Crippen molar-refractivity contribution in [2.45, 2.75) is 6.54 Å². The minimum absolute atomic E-state index is 0.131. The first-order valence-electron chi connectivity index (χ1n) is 7.48. The van der Waals surface area contributed by atoms with Gasteiger partial charge in [0.05, 0.1) is 17.6 Å². The lowest BCUT2D eigenvalue weighted by molar-refractivity contribution is 0.0945. The zero-order valence-electron chi connectivity index (χ0n) is 12.7. The van der Waals surface area contributed by atoms with Gasteiger partial charge in [-0.2, -0.15) is 0 Å². The first-order chi connectivity index (χ1) is 11.2. The highest BCUT2D eigenvalue weighted by Crippen LogP contribution is 2.16. The molecular weight excluding hydrogens is 288 g/mol. The van der Waals surface area contributed by atoms with Crippen molar-refractivity contribution in [2.75, 3.05) is 0 Å². The number of carbonyl (C=O) groups is 1. The summed E-state index contributed by atoms with van der Waals surface area (Å²) >= 11 is 0. The Morgan fingerprint density at radius 2 is 1.96 bits per heavy atom. The Bertz CT molecular complexity index is 979. The summed E-state index contributed by atoms with van der Waals surface area (Å²) in [6.07, 6.45) is 0. The molecule has 0 fully saturated rings. The average Bonchev–Trinajstić information content (AvgIpc) is 3.15. The highest BCUT2D eigenvalue weighted by atomic mass is 16.1. The van der Waals surface area contributed by atoms with Crippen LogP contribution in [0.3, 0.4) is 0 Å². The number of para-hydroxylation sites is 3. The normalized spacial score (nSPS) is 11.2. The van der Waals surface area contributed by atoms with E-state index in [9.17, 15) is 4.79 Å². The Labute approximate surface area is 133 Å². The van der Waals surface area contributed by atoms with Crippen LogP contribution in [0.1, 0.15) is 16.3 Å². The van der Waals surface area contributed by atoms with E-state index in [1.807, 2.05) is 66.2 Å². The number of rotatable bonds is 3. The summed E-state index contributed by atoms with van der Waals surface area (Å²) in [5.74, 6) is 0.698. The lowest BCUT2D eigenvalue weighted by atomic mass is 10.2. The van der Waals surface area contributed by atoms with Crippen LogP contribution in [0.5, 0.6) is 0 Å². The topological polar surface area (TPSA) is 62.7 Å². The van der Waals surface area contributed by atoms with Gasteiger partial charge in [0.15, 0.2) is 0 Å². The molecule has 1 amide bonds. The Kier molecular flexibility index (Phi) is 3.12. The van der Waals surface area contributed by atoms with E-state index in [2.05, 4.69) is 15.3 Å². The highest BCUT2D eigenvalue weighted by Gasteiger charge is 2.11. The summed E-state index contributed by atoms with van der Waals surface area (Å²) in [4.78, 5) is 20.0. The van der Waals surface area contributed by atoms with Crippen molar-refractivity contribution in [3.8, 4) is 0 Å². The molecule has 0 saturated heterocycles. The van der Waals surface area contributed by atoms with Crippen molar-refractivity contribution in [1.82, 2.24) is 19.9 Å². The van der Waals surface area contributed by atoms with Gasteiger partial charge >= 0.3 is 0 Å². The van der Waals surface area contributed by atoms with Crippen LogP contribution in [-0.2, 0) is 13.6 Å². The van der Waals surface area contributed by atoms with E-state index in [4.69, 9.17) is 0 Å². The molecule has 0 aliphatic carbocycles. The molecule has 114 valence electrons. The molecule has 23 heavy (non-hydrogen) atoms. The second-order valence-electron chi connectivity index (χ2n) is 5.53. The molecule has 2 heterocycles. The van der Waals surface area contributed by atoms with E-state index in [1.165, 1.54) is 0 Å². The van der Waals surface area contributed by atoms with Gasteiger partial charge in [-0.1, -0.05) is 30.3 Å². The summed E-state index contributed by atoms with van der Waals surface area (Å²) in [7, 11) is 1.96. The molecule has 2 aromatic carbocycles. The molecule has 0 saturated carbocycles. The van der Waals surface area contributed by atoms with Crippen LogP contribution in [0.25, 0.3) is 21.9 Å². The number of H-pyrrole nitrogens is 1. The maximum Gasteiger partial charge on any atom is 0.268 e. The van der Waals surface area contributed by atoms with Gasteiger partial charge in [-0.05, 0) is 24.3 Å². The van der Waals surface area contributed by atoms with Crippen molar-refractivity contribution < 1.29 is 4.79 Å². The van der Waals surface area contributed by atoms with Crippen molar-refractivity contribution in [3.05, 3.63) is 66.1 Å². The third kappa shape index (κ3) is 2.36. The first kappa shape index (κ1) is 13.6. The smallest absolute Gasteiger partial charge is 0.268 e. The summed E-state index contributed by atoms with van der Waals surface area (Å²) in [5.41, 5.74) is 3.51. The molecule has 4 rings (SSSR count). The van der Waals surface area contributed by atoms with Crippen LogP contribution in [-0.4, -0.2) is 20.4 Å². The van der Waals surface area contributed by atoms with Gasteiger partial charge in [0.2, 0.25) is 0 Å². The fourth-order valence-electron chi connectivity index (χ4n) is 2.80. The summed E-state index contributed by atoms with van der Waals surface area (Å²) in [6, 6.07) is 17.6. The van der Waals surface area contributed by atoms with Gasteiger partial charge in [0, 0.05) is 18.0 Å². The zero-order valence-corrected chi connectivity index (χ0v) is 12.7. The van der Waals surface area contributed by atoms with Crippen molar-refractivity contribution in [2.24, 2.45) is 7.05 Å². The third-order valence-corrected chi connectivity index (χ3v) is 4.06. The summed E-state index contributed by atoms with van der Waals surface area (Å²) in [6.45, 7) is 0.388. The van der Waals surface area contributed by atoms with Crippen LogP contribution in [0.15, 0.2) is 54.6 Å². The maximum absolute atomic E-state index is 12.3. The molecule has 0 unspecified atom stereocenters. The summed E-state index contributed by atoms with van der Waals surface area (Å²) in [5, 5.41) is 3.95. The van der Waals surface area contributed by atoms with Crippen LogP contribution >= 0.6 is 0 Å². The SMILES string of the molecule is Cn1c(CNC(=O)c2cc3ccccc3[nH]2)nc2ccccc21. The Morgan fingerprint density at radius 1 is 1.17 bits per heavy atom. The third-order valence-electron chi connectivity index (χ3n) is 4.06. The molecule has 0 aliphatic heterocycles. The minimum Gasteiger partial charge on any atom is -0.351 e. The number of aromatic nitrogens is 3. The lowest BCUT2D eigenvalue weighted by Gasteiger charge is -2.04. The van der Waals surface area contributed by atoms with Crippen molar-refractivity contribution >= 4 is 27.8 Å². The Hall–Kier alpha value is -3.08. The number of benzene rings is 2. The molecule has 0 spiro atoms. The largest absolute Gasteiger partial charge is 0.351 e. The predicted octanol–water partition coefficient (Wildman–Crippen LogP) is 2.98. The number of nitrogens with one attached hydrogen (secondary N) is 2. The monoisotopic (exact) mass is 304 g/mol. The maximum atomic E-state index is 12.3. The number of amides is 1. The second-order valence-corrected chi connectivity index (χ2v) is 5.53. The van der Waals surface area contributed by atoms with E-state index in [1.54, 1.807) is 0 Å². The second kappa shape index (κ2) is 5.28.